The van der Waals surface area contributed by atoms with Crippen LogP contribution in [0.3, 0.4) is 0 Å². The average molecular weight is 343 g/mol. The van der Waals surface area contributed by atoms with Crippen molar-refractivity contribution in [2.75, 3.05) is 0 Å². The molecule has 1 aromatic carbocycles. The maximum Gasteiger partial charge on any atom is 0.326 e. The van der Waals surface area contributed by atoms with Crippen molar-refractivity contribution >= 4 is 22.9 Å². The van der Waals surface area contributed by atoms with Crippen LogP contribution in [0.2, 0.25) is 0 Å². The number of rotatable bonds is 4. The van der Waals surface area contributed by atoms with Crippen LogP contribution < -0.4 is 11.0 Å². The van der Waals surface area contributed by atoms with Crippen LogP contribution in [-0.2, 0) is 4.79 Å². The molecule has 2 aliphatic rings. The van der Waals surface area contributed by atoms with Crippen molar-refractivity contribution in [2.24, 2.45) is 5.92 Å². The van der Waals surface area contributed by atoms with Crippen LogP contribution in [0.1, 0.15) is 54.9 Å². The molecule has 4 rings (SSSR count). The fraction of sp³-hybridized carbons (Fsp3) is 0.500. The summed E-state index contributed by atoms with van der Waals surface area (Å²) in [6.45, 7) is 0. The summed E-state index contributed by atoms with van der Waals surface area (Å²) in [6.07, 6.45) is 5.26. The second-order valence-corrected chi connectivity index (χ2v) is 7.15. The van der Waals surface area contributed by atoms with Crippen molar-refractivity contribution < 1.29 is 14.7 Å². The zero-order valence-corrected chi connectivity index (χ0v) is 13.8. The fourth-order valence-corrected chi connectivity index (χ4v) is 4.00. The number of carboxylic acids is 1. The lowest BCUT2D eigenvalue weighted by Crippen LogP contribution is -2.46. The van der Waals surface area contributed by atoms with Gasteiger partial charge < -0.3 is 15.4 Å². The quantitative estimate of drug-likeness (QED) is 0.790. The first-order chi connectivity index (χ1) is 12.0. The SMILES string of the molecule is O=C(NC1CC(C(=O)O)C1)c1ccc2c(c1)[nH]c(=O)n2C1CCCC1. The molecule has 2 saturated carbocycles. The molecule has 7 nitrogen and oxygen atoms in total. The van der Waals surface area contributed by atoms with Crippen molar-refractivity contribution in [1.82, 2.24) is 14.9 Å². The largest absolute Gasteiger partial charge is 0.481 e. The minimum Gasteiger partial charge on any atom is -0.481 e. The van der Waals surface area contributed by atoms with Gasteiger partial charge in [-0.1, -0.05) is 12.8 Å². The number of aliphatic carboxylic acids is 1. The Bertz CT molecular complexity index is 885. The number of nitrogens with zero attached hydrogens (tertiary/aromatic N) is 1. The smallest absolute Gasteiger partial charge is 0.326 e. The highest BCUT2D eigenvalue weighted by Crippen LogP contribution is 2.31. The zero-order valence-electron chi connectivity index (χ0n) is 13.8. The van der Waals surface area contributed by atoms with Gasteiger partial charge in [0.15, 0.2) is 0 Å². The Kier molecular flexibility index (Phi) is 3.86. The maximum absolute atomic E-state index is 12.4. The molecular formula is C18H21N3O4. The van der Waals surface area contributed by atoms with E-state index in [0.29, 0.717) is 23.9 Å². The van der Waals surface area contributed by atoms with Crippen molar-refractivity contribution in [2.45, 2.75) is 50.6 Å². The summed E-state index contributed by atoms with van der Waals surface area (Å²) in [5.74, 6) is -1.40. The summed E-state index contributed by atoms with van der Waals surface area (Å²) in [4.78, 5) is 38.3. The van der Waals surface area contributed by atoms with Crippen LogP contribution in [0.25, 0.3) is 11.0 Å². The number of carbonyl (C=O) groups excluding carboxylic acids is 1. The Hall–Kier alpha value is -2.57. The molecule has 0 atom stereocenters. The van der Waals surface area contributed by atoms with E-state index in [1.54, 1.807) is 12.1 Å². The van der Waals surface area contributed by atoms with Gasteiger partial charge in [0.1, 0.15) is 0 Å². The summed E-state index contributed by atoms with van der Waals surface area (Å²) in [6, 6.07) is 5.39. The minimum absolute atomic E-state index is 0.0913. The van der Waals surface area contributed by atoms with E-state index in [1.807, 2.05) is 10.6 Å². The van der Waals surface area contributed by atoms with Gasteiger partial charge in [-0.05, 0) is 43.9 Å². The van der Waals surface area contributed by atoms with E-state index in [0.717, 1.165) is 31.2 Å². The number of hydrogen-bond donors (Lipinski definition) is 3. The van der Waals surface area contributed by atoms with Crippen LogP contribution in [-0.4, -0.2) is 32.6 Å². The zero-order chi connectivity index (χ0) is 17.6. The number of aromatic amines is 1. The Morgan fingerprint density at radius 2 is 1.92 bits per heavy atom. The van der Waals surface area contributed by atoms with Crippen LogP contribution in [0.15, 0.2) is 23.0 Å². The molecule has 0 saturated heterocycles. The number of carboxylic acid groups (broad SMARTS) is 1. The Morgan fingerprint density at radius 1 is 1.20 bits per heavy atom. The highest BCUT2D eigenvalue weighted by Gasteiger charge is 2.35. The van der Waals surface area contributed by atoms with Crippen molar-refractivity contribution in [1.29, 1.82) is 0 Å². The number of amides is 1. The first-order valence-electron chi connectivity index (χ1n) is 8.81. The van der Waals surface area contributed by atoms with Gasteiger partial charge in [0, 0.05) is 17.6 Å². The molecule has 2 aromatic rings. The van der Waals surface area contributed by atoms with Crippen LogP contribution >= 0.6 is 0 Å². The molecule has 25 heavy (non-hydrogen) atoms. The number of aromatic nitrogens is 2. The lowest BCUT2D eigenvalue weighted by molar-refractivity contribution is -0.145. The predicted molar refractivity (Wildman–Crippen MR) is 91.7 cm³/mol. The monoisotopic (exact) mass is 343 g/mol. The van der Waals surface area contributed by atoms with E-state index in [2.05, 4.69) is 10.3 Å². The highest BCUT2D eigenvalue weighted by molar-refractivity contribution is 5.97. The van der Waals surface area contributed by atoms with Gasteiger partial charge in [0.2, 0.25) is 0 Å². The van der Waals surface area contributed by atoms with Gasteiger partial charge in [0.25, 0.3) is 5.91 Å². The number of hydrogen-bond acceptors (Lipinski definition) is 3. The average Bonchev–Trinajstić information content (AvgIpc) is 3.15. The molecule has 1 heterocycles. The van der Waals surface area contributed by atoms with Crippen molar-refractivity contribution in [3.63, 3.8) is 0 Å². The Labute approximate surface area is 144 Å². The molecule has 1 amide bonds. The Morgan fingerprint density at radius 3 is 2.60 bits per heavy atom. The molecule has 0 radical (unpaired) electrons. The summed E-state index contributed by atoms with van der Waals surface area (Å²) in [7, 11) is 0. The number of nitrogens with one attached hydrogen (secondary N) is 2. The van der Waals surface area contributed by atoms with Gasteiger partial charge in [-0.15, -0.1) is 0 Å². The van der Waals surface area contributed by atoms with E-state index in [-0.39, 0.29) is 29.6 Å². The third-order valence-corrected chi connectivity index (χ3v) is 5.49. The van der Waals surface area contributed by atoms with Crippen LogP contribution in [0, 0.1) is 5.92 Å². The molecule has 132 valence electrons. The molecule has 7 heteroatoms. The number of imidazole rings is 1. The molecule has 3 N–H and O–H groups in total. The van der Waals surface area contributed by atoms with E-state index in [1.165, 1.54) is 0 Å². The lowest BCUT2D eigenvalue weighted by Gasteiger charge is -2.32. The second kappa shape index (κ2) is 6.06. The third-order valence-electron chi connectivity index (χ3n) is 5.49. The van der Waals surface area contributed by atoms with E-state index in [9.17, 15) is 14.4 Å². The summed E-state index contributed by atoms with van der Waals surface area (Å²) in [5.41, 5.74) is 1.86. The molecule has 2 fully saturated rings. The van der Waals surface area contributed by atoms with E-state index < -0.39 is 5.97 Å². The van der Waals surface area contributed by atoms with Gasteiger partial charge in [-0.25, -0.2) is 4.79 Å². The lowest BCUT2D eigenvalue weighted by atomic mass is 9.80. The normalized spacial score (nSPS) is 23.5. The molecule has 0 aliphatic heterocycles. The number of H-pyrrole nitrogens is 1. The third kappa shape index (κ3) is 2.83. The van der Waals surface area contributed by atoms with Crippen molar-refractivity contribution in [3.05, 3.63) is 34.2 Å². The molecule has 1 aromatic heterocycles. The van der Waals surface area contributed by atoms with Gasteiger partial charge in [0.05, 0.1) is 17.0 Å². The molecule has 0 unspecified atom stereocenters. The molecule has 0 spiro atoms. The standard InChI is InChI=1S/C18H21N3O4/c22-16(19-12-7-11(8-12)17(23)24)10-5-6-15-14(9-10)20-18(25)21(15)13-3-1-2-4-13/h5-6,9,11-13H,1-4,7-8H2,(H,19,22)(H,20,25)(H,23,24). The minimum atomic E-state index is -0.808. The molecule has 0 bridgehead atoms. The summed E-state index contributed by atoms with van der Waals surface area (Å²) in [5, 5.41) is 11.7. The second-order valence-electron chi connectivity index (χ2n) is 7.15. The van der Waals surface area contributed by atoms with E-state index >= 15 is 0 Å². The highest BCUT2D eigenvalue weighted by atomic mass is 16.4. The van der Waals surface area contributed by atoms with Gasteiger partial charge in [-0.3, -0.25) is 14.2 Å². The van der Waals surface area contributed by atoms with E-state index in [4.69, 9.17) is 5.11 Å². The first kappa shape index (κ1) is 15.9. The van der Waals surface area contributed by atoms with Crippen molar-refractivity contribution in [3.8, 4) is 0 Å². The van der Waals surface area contributed by atoms with Crippen LogP contribution in [0.4, 0.5) is 0 Å². The summed E-state index contributed by atoms with van der Waals surface area (Å²) >= 11 is 0. The topological polar surface area (TPSA) is 104 Å². The number of fused-ring (bicyclic) bond motifs is 1. The number of carbonyl (C=O) groups is 2. The Balaban J connectivity index is 1.52. The number of benzene rings is 1. The predicted octanol–water partition coefficient (Wildman–Crippen LogP) is 2.04. The van der Waals surface area contributed by atoms with Gasteiger partial charge >= 0.3 is 11.7 Å². The van der Waals surface area contributed by atoms with Gasteiger partial charge in [-0.2, -0.15) is 0 Å². The molecule has 2 aliphatic carbocycles. The summed E-state index contributed by atoms with van der Waals surface area (Å²) < 4.78 is 1.81. The maximum atomic E-state index is 12.4. The molecular weight excluding hydrogens is 322 g/mol. The fourth-order valence-electron chi connectivity index (χ4n) is 4.00. The first-order valence-corrected chi connectivity index (χ1v) is 8.81. The van der Waals surface area contributed by atoms with Crippen LogP contribution in [0.5, 0.6) is 0 Å².